The lowest BCUT2D eigenvalue weighted by Crippen LogP contribution is -2.14. The summed E-state index contributed by atoms with van der Waals surface area (Å²) >= 11 is 0. The maximum Gasteiger partial charge on any atom is 0.286 e. The summed E-state index contributed by atoms with van der Waals surface area (Å²) in [5.41, 5.74) is 1.07. The number of nitrogens with zero attached hydrogens (tertiary/aromatic N) is 1. The first-order chi connectivity index (χ1) is 11.5. The van der Waals surface area contributed by atoms with Gasteiger partial charge < -0.3 is 14.8 Å². The first kappa shape index (κ1) is 17.3. The Morgan fingerprint density at radius 1 is 1.17 bits per heavy atom. The molecule has 1 radical (unpaired) electrons. The lowest BCUT2D eigenvalue weighted by atomic mass is 10.1. The molecule has 1 N–H and O–H groups in total. The van der Waals surface area contributed by atoms with Crippen molar-refractivity contribution in [3.8, 4) is 11.5 Å². The Kier molecular flexibility index (Phi) is 5.36. The van der Waals surface area contributed by atoms with Crippen LogP contribution in [-0.4, -0.2) is 25.1 Å². The summed E-state index contributed by atoms with van der Waals surface area (Å²) in [7, 11) is 2.76. The van der Waals surface area contributed by atoms with Gasteiger partial charge in [0.05, 0.1) is 25.2 Å². The van der Waals surface area contributed by atoms with E-state index in [2.05, 4.69) is 12.2 Å². The number of hydrogen-bond donors (Lipinski definition) is 1. The Morgan fingerprint density at radius 3 is 2.25 bits per heavy atom. The zero-order valence-corrected chi connectivity index (χ0v) is 13.4. The molecule has 7 heteroatoms. The second kappa shape index (κ2) is 7.45. The molecular formula is C17H17N2O5. The number of carbonyl (C=O) groups excluding carboxylic acids is 1. The summed E-state index contributed by atoms with van der Waals surface area (Å²) in [4.78, 5) is 23.1. The maximum absolute atomic E-state index is 12.4. The highest BCUT2D eigenvalue weighted by atomic mass is 16.6. The van der Waals surface area contributed by atoms with Crippen LogP contribution in [0, 0.1) is 17.0 Å². The van der Waals surface area contributed by atoms with Crippen LogP contribution in [0.15, 0.2) is 36.4 Å². The smallest absolute Gasteiger partial charge is 0.286 e. The second-order valence-electron chi connectivity index (χ2n) is 4.88. The van der Waals surface area contributed by atoms with Crippen molar-refractivity contribution < 1.29 is 19.2 Å². The lowest BCUT2D eigenvalue weighted by molar-refractivity contribution is -0.385. The van der Waals surface area contributed by atoms with E-state index in [4.69, 9.17) is 9.47 Å². The van der Waals surface area contributed by atoms with E-state index >= 15 is 0 Å². The van der Waals surface area contributed by atoms with Gasteiger partial charge in [-0.1, -0.05) is 12.1 Å². The van der Waals surface area contributed by atoms with E-state index < -0.39 is 10.8 Å². The minimum atomic E-state index is -0.636. The number of nitrogens with one attached hydrogen (secondary N) is 1. The maximum atomic E-state index is 12.4. The molecule has 0 aliphatic rings. The second-order valence-corrected chi connectivity index (χ2v) is 4.88. The van der Waals surface area contributed by atoms with Crippen LogP contribution in [0.5, 0.6) is 11.5 Å². The number of methoxy groups -OCH3 is 2. The van der Waals surface area contributed by atoms with Crippen molar-refractivity contribution in [3.05, 3.63) is 64.6 Å². The van der Waals surface area contributed by atoms with Gasteiger partial charge in [0, 0.05) is 11.8 Å². The molecular weight excluding hydrogens is 312 g/mol. The lowest BCUT2D eigenvalue weighted by Gasteiger charge is -2.11. The van der Waals surface area contributed by atoms with Gasteiger partial charge in [0.15, 0.2) is 11.5 Å². The summed E-state index contributed by atoms with van der Waals surface area (Å²) in [6, 6.07) is 9.53. The first-order valence-corrected chi connectivity index (χ1v) is 7.10. The van der Waals surface area contributed by atoms with E-state index in [0.29, 0.717) is 12.1 Å². The molecule has 2 aromatic carbocycles. The number of rotatable bonds is 6. The third kappa shape index (κ3) is 3.62. The monoisotopic (exact) mass is 329 g/mol. The topological polar surface area (TPSA) is 90.7 Å². The van der Waals surface area contributed by atoms with Crippen molar-refractivity contribution in [2.45, 2.75) is 6.42 Å². The molecule has 0 saturated carbocycles. The molecule has 0 aliphatic carbocycles. The highest BCUT2D eigenvalue weighted by Crippen LogP contribution is 2.34. The highest BCUT2D eigenvalue weighted by Gasteiger charge is 2.24. The fourth-order valence-electron chi connectivity index (χ4n) is 2.15. The third-order valence-electron chi connectivity index (χ3n) is 3.44. The summed E-state index contributed by atoms with van der Waals surface area (Å²) in [6.07, 6.45) is 0.634. The number of carbonyl (C=O) groups is 1. The van der Waals surface area contributed by atoms with Crippen molar-refractivity contribution in [2.24, 2.45) is 0 Å². The minimum Gasteiger partial charge on any atom is -0.493 e. The minimum absolute atomic E-state index is 0.112. The summed E-state index contributed by atoms with van der Waals surface area (Å²) in [5.74, 6) is -0.189. The SMILES string of the molecule is [CH2]Cc1ccc(NC(=O)c2cc(OC)c(OC)cc2[N+](=O)[O-])cc1. The Labute approximate surface area is 139 Å². The van der Waals surface area contributed by atoms with Crippen LogP contribution < -0.4 is 14.8 Å². The molecule has 0 bridgehead atoms. The van der Waals surface area contributed by atoms with Gasteiger partial charge in [-0.15, -0.1) is 0 Å². The average Bonchev–Trinajstić information content (AvgIpc) is 2.60. The standard InChI is InChI=1S/C17H17N2O5/c1-4-11-5-7-12(8-6-11)18-17(20)13-9-15(23-2)16(24-3)10-14(13)19(21)22/h5-10H,1,4H2,2-3H3,(H,18,20). The van der Waals surface area contributed by atoms with E-state index in [9.17, 15) is 14.9 Å². The molecule has 0 aromatic heterocycles. The first-order valence-electron chi connectivity index (χ1n) is 7.10. The molecule has 24 heavy (non-hydrogen) atoms. The number of hydrogen-bond acceptors (Lipinski definition) is 5. The van der Waals surface area contributed by atoms with Gasteiger partial charge in [-0.2, -0.15) is 0 Å². The average molecular weight is 329 g/mol. The number of nitro benzene ring substituents is 1. The molecule has 0 unspecified atom stereocenters. The van der Waals surface area contributed by atoms with Gasteiger partial charge in [-0.25, -0.2) is 0 Å². The Bertz CT molecular complexity index is 756. The van der Waals surface area contributed by atoms with Crippen LogP contribution in [0.3, 0.4) is 0 Å². The number of anilines is 1. The van der Waals surface area contributed by atoms with Crippen molar-refractivity contribution in [1.82, 2.24) is 0 Å². The highest BCUT2D eigenvalue weighted by molar-refractivity contribution is 6.07. The van der Waals surface area contributed by atoms with Crippen LogP contribution in [0.2, 0.25) is 0 Å². The molecule has 0 heterocycles. The van der Waals surface area contributed by atoms with E-state index in [1.807, 2.05) is 12.1 Å². The van der Waals surface area contributed by atoms with E-state index in [1.165, 1.54) is 26.4 Å². The van der Waals surface area contributed by atoms with Crippen LogP contribution in [0.4, 0.5) is 11.4 Å². The van der Waals surface area contributed by atoms with Crippen molar-refractivity contribution in [2.75, 3.05) is 19.5 Å². The fourth-order valence-corrected chi connectivity index (χ4v) is 2.15. The van der Waals surface area contributed by atoms with Gasteiger partial charge in [-0.05, 0) is 31.0 Å². The Balaban J connectivity index is 2.37. The molecule has 0 spiro atoms. The van der Waals surface area contributed by atoms with E-state index in [0.717, 1.165) is 5.56 Å². The number of benzene rings is 2. The van der Waals surface area contributed by atoms with Crippen molar-refractivity contribution in [1.29, 1.82) is 0 Å². The number of ether oxygens (including phenoxy) is 2. The van der Waals surface area contributed by atoms with E-state index in [-0.39, 0.29) is 22.7 Å². The Morgan fingerprint density at radius 2 is 1.75 bits per heavy atom. The predicted octanol–water partition coefficient (Wildman–Crippen LogP) is 3.24. The van der Waals surface area contributed by atoms with Crippen LogP contribution in [-0.2, 0) is 6.42 Å². The van der Waals surface area contributed by atoms with Crippen LogP contribution in [0.1, 0.15) is 15.9 Å². The molecule has 7 nitrogen and oxygen atoms in total. The molecule has 0 saturated heterocycles. The molecule has 1 amide bonds. The van der Waals surface area contributed by atoms with Gasteiger partial charge >= 0.3 is 0 Å². The third-order valence-corrected chi connectivity index (χ3v) is 3.44. The fraction of sp³-hybridized carbons (Fsp3) is 0.176. The van der Waals surface area contributed by atoms with Gasteiger partial charge in [0.25, 0.3) is 11.6 Å². The van der Waals surface area contributed by atoms with Crippen LogP contribution >= 0.6 is 0 Å². The van der Waals surface area contributed by atoms with Crippen molar-refractivity contribution >= 4 is 17.3 Å². The largest absolute Gasteiger partial charge is 0.493 e. The zero-order valence-electron chi connectivity index (χ0n) is 13.4. The van der Waals surface area contributed by atoms with E-state index in [1.54, 1.807) is 12.1 Å². The zero-order chi connectivity index (χ0) is 17.7. The van der Waals surface area contributed by atoms with Crippen molar-refractivity contribution in [3.63, 3.8) is 0 Å². The van der Waals surface area contributed by atoms with Gasteiger partial charge in [0.1, 0.15) is 5.56 Å². The number of nitro groups is 1. The van der Waals surface area contributed by atoms with Gasteiger partial charge in [0.2, 0.25) is 0 Å². The number of amides is 1. The molecule has 0 aliphatic heterocycles. The molecule has 2 aromatic rings. The molecule has 0 atom stereocenters. The Hall–Kier alpha value is -3.09. The summed E-state index contributed by atoms with van der Waals surface area (Å²) < 4.78 is 10.1. The quantitative estimate of drug-likeness (QED) is 0.649. The summed E-state index contributed by atoms with van der Waals surface area (Å²) in [6.45, 7) is 3.77. The molecule has 0 fully saturated rings. The predicted molar refractivity (Wildman–Crippen MR) is 89.7 cm³/mol. The van der Waals surface area contributed by atoms with Gasteiger partial charge in [-0.3, -0.25) is 14.9 Å². The normalized spacial score (nSPS) is 10.1. The van der Waals surface area contributed by atoms with Crippen LogP contribution in [0.25, 0.3) is 0 Å². The summed E-state index contributed by atoms with van der Waals surface area (Å²) in [5, 5.41) is 13.9. The molecule has 2 rings (SSSR count). The molecule has 125 valence electrons.